The number of para-hydroxylation sites is 1. The van der Waals surface area contributed by atoms with Crippen molar-refractivity contribution in [2.45, 2.75) is 26.7 Å². The number of aromatic nitrogens is 1. The molecule has 0 fully saturated rings. The van der Waals surface area contributed by atoms with Gasteiger partial charge in [0.1, 0.15) is 5.78 Å². The number of amides is 2. The normalized spacial score (nSPS) is 10.3. The lowest BCUT2D eigenvalue weighted by molar-refractivity contribution is -0.121. The Kier molecular flexibility index (Phi) is 5.41. The molecule has 0 saturated heterocycles. The summed E-state index contributed by atoms with van der Waals surface area (Å²) in [6, 6.07) is 6.92. The number of anilines is 1. The van der Waals surface area contributed by atoms with Gasteiger partial charge in [-0.3, -0.25) is 14.6 Å². The molecule has 0 saturated carbocycles. The molecule has 0 aliphatic heterocycles. The van der Waals surface area contributed by atoms with E-state index in [4.69, 9.17) is 0 Å². The van der Waals surface area contributed by atoms with E-state index in [0.717, 1.165) is 0 Å². The van der Waals surface area contributed by atoms with Crippen molar-refractivity contribution in [1.82, 2.24) is 10.3 Å². The highest BCUT2D eigenvalue weighted by Gasteiger charge is 2.13. The largest absolute Gasteiger partial charge is 0.352 e. The molecule has 2 aromatic rings. The van der Waals surface area contributed by atoms with Crippen LogP contribution in [-0.4, -0.2) is 29.1 Å². The van der Waals surface area contributed by atoms with Crippen LogP contribution in [0.2, 0.25) is 0 Å². The summed E-state index contributed by atoms with van der Waals surface area (Å²) in [4.78, 5) is 39.2. The van der Waals surface area contributed by atoms with E-state index < -0.39 is 0 Å². The van der Waals surface area contributed by atoms with E-state index in [-0.39, 0.29) is 30.4 Å². The van der Waals surface area contributed by atoms with Gasteiger partial charge in [0.15, 0.2) is 0 Å². The van der Waals surface area contributed by atoms with Crippen LogP contribution in [0.4, 0.5) is 5.69 Å². The number of nitrogens with one attached hydrogen (secondary N) is 2. The fraction of sp³-hybridized carbons (Fsp3) is 0.294. The molecule has 23 heavy (non-hydrogen) atoms. The second kappa shape index (κ2) is 7.49. The summed E-state index contributed by atoms with van der Waals surface area (Å²) in [5, 5.41) is 6.18. The number of carbonyl (C=O) groups is 3. The molecule has 6 nitrogen and oxygen atoms in total. The van der Waals surface area contributed by atoms with Crippen LogP contribution in [0.25, 0.3) is 10.9 Å². The standard InChI is InChI=1S/C17H19N3O3/c1-3-18-17(23)13-9-10-19-16-12(13)5-4-6-14(16)20-15(22)8-7-11(2)21/h4-6,9-10H,3,7-8H2,1-2H3,(H,18,23)(H,20,22). The van der Waals surface area contributed by atoms with Gasteiger partial charge in [-0.25, -0.2) is 0 Å². The summed E-state index contributed by atoms with van der Waals surface area (Å²) in [5.74, 6) is -0.465. The first kappa shape index (κ1) is 16.6. The van der Waals surface area contributed by atoms with Crippen molar-refractivity contribution in [2.75, 3.05) is 11.9 Å². The van der Waals surface area contributed by atoms with Crippen molar-refractivity contribution >= 4 is 34.2 Å². The molecule has 1 aromatic carbocycles. The highest BCUT2D eigenvalue weighted by Crippen LogP contribution is 2.24. The number of rotatable bonds is 6. The topological polar surface area (TPSA) is 88.2 Å². The van der Waals surface area contributed by atoms with Gasteiger partial charge >= 0.3 is 0 Å². The summed E-state index contributed by atoms with van der Waals surface area (Å²) in [6.45, 7) is 3.83. The number of hydrogen-bond acceptors (Lipinski definition) is 4. The quantitative estimate of drug-likeness (QED) is 0.856. The third kappa shape index (κ3) is 4.12. The highest BCUT2D eigenvalue weighted by molar-refractivity contribution is 6.10. The van der Waals surface area contributed by atoms with Crippen molar-refractivity contribution in [3.05, 3.63) is 36.0 Å². The van der Waals surface area contributed by atoms with E-state index in [1.165, 1.54) is 13.1 Å². The average molecular weight is 313 g/mol. The zero-order valence-electron chi connectivity index (χ0n) is 13.2. The van der Waals surface area contributed by atoms with Crippen LogP contribution in [0.5, 0.6) is 0 Å². The van der Waals surface area contributed by atoms with Crippen LogP contribution in [0.1, 0.15) is 37.0 Å². The Hall–Kier alpha value is -2.76. The summed E-state index contributed by atoms with van der Waals surface area (Å²) >= 11 is 0. The summed E-state index contributed by atoms with van der Waals surface area (Å²) in [5.41, 5.74) is 1.59. The maximum atomic E-state index is 12.1. The Morgan fingerprint density at radius 1 is 1.13 bits per heavy atom. The molecule has 2 N–H and O–H groups in total. The van der Waals surface area contributed by atoms with E-state index in [0.29, 0.717) is 28.7 Å². The van der Waals surface area contributed by atoms with Crippen LogP contribution >= 0.6 is 0 Å². The lowest BCUT2D eigenvalue weighted by Crippen LogP contribution is -2.23. The predicted molar refractivity (Wildman–Crippen MR) is 88.3 cm³/mol. The van der Waals surface area contributed by atoms with Gasteiger partial charge in [-0.05, 0) is 26.0 Å². The lowest BCUT2D eigenvalue weighted by Gasteiger charge is -2.10. The Bertz CT molecular complexity index is 756. The van der Waals surface area contributed by atoms with E-state index in [1.807, 2.05) is 6.92 Å². The van der Waals surface area contributed by atoms with Gasteiger partial charge in [0, 0.05) is 31.0 Å². The average Bonchev–Trinajstić information content (AvgIpc) is 2.53. The van der Waals surface area contributed by atoms with Crippen LogP contribution in [-0.2, 0) is 9.59 Å². The number of carbonyl (C=O) groups excluding carboxylic acids is 3. The van der Waals surface area contributed by atoms with Crippen LogP contribution in [0.3, 0.4) is 0 Å². The van der Waals surface area contributed by atoms with Crippen molar-refractivity contribution in [3.8, 4) is 0 Å². The molecule has 0 spiro atoms. The van der Waals surface area contributed by atoms with Gasteiger partial charge in [-0.15, -0.1) is 0 Å². The molecule has 0 radical (unpaired) electrons. The Morgan fingerprint density at radius 3 is 2.61 bits per heavy atom. The van der Waals surface area contributed by atoms with Crippen LogP contribution in [0, 0.1) is 0 Å². The molecule has 120 valence electrons. The van der Waals surface area contributed by atoms with E-state index in [9.17, 15) is 14.4 Å². The van der Waals surface area contributed by atoms with Crippen molar-refractivity contribution < 1.29 is 14.4 Å². The molecule has 0 bridgehead atoms. The molecule has 0 atom stereocenters. The van der Waals surface area contributed by atoms with Crippen molar-refractivity contribution in [2.24, 2.45) is 0 Å². The second-order valence-corrected chi connectivity index (χ2v) is 5.17. The zero-order chi connectivity index (χ0) is 16.8. The van der Waals surface area contributed by atoms with E-state index >= 15 is 0 Å². The van der Waals surface area contributed by atoms with Crippen molar-refractivity contribution in [1.29, 1.82) is 0 Å². The molecule has 0 unspecified atom stereocenters. The lowest BCUT2D eigenvalue weighted by atomic mass is 10.1. The Balaban J connectivity index is 2.32. The Labute approximate surface area is 134 Å². The van der Waals surface area contributed by atoms with Crippen molar-refractivity contribution in [3.63, 3.8) is 0 Å². The molecular weight excluding hydrogens is 294 g/mol. The Morgan fingerprint density at radius 2 is 1.91 bits per heavy atom. The second-order valence-electron chi connectivity index (χ2n) is 5.17. The minimum atomic E-state index is -0.252. The predicted octanol–water partition coefficient (Wildman–Crippen LogP) is 2.29. The number of hydrogen-bond donors (Lipinski definition) is 2. The van der Waals surface area contributed by atoms with E-state index in [1.54, 1.807) is 24.3 Å². The van der Waals surface area contributed by atoms with Gasteiger partial charge < -0.3 is 15.4 Å². The molecular formula is C17H19N3O3. The molecule has 0 aliphatic carbocycles. The monoisotopic (exact) mass is 313 g/mol. The molecule has 1 aromatic heterocycles. The zero-order valence-corrected chi connectivity index (χ0v) is 13.2. The molecule has 6 heteroatoms. The number of ketones is 1. The molecule has 1 heterocycles. The smallest absolute Gasteiger partial charge is 0.252 e. The fourth-order valence-corrected chi connectivity index (χ4v) is 2.23. The minimum Gasteiger partial charge on any atom is -0.352 e. The van der Waals surface area contributed by atoms with Gasteiger partial charge in [0.25, 0.3) is 5.91 Å². The number of benzene rings is 1. The third-order valence-electron chi connectivity index (χ3n) is 3.33. The van der Waals surface area contributed by atoms with Gasteiger partial charge in [0.2, 0.25) is 5.91 Å². The fourth-order valence-electron chi connectivity index (χ4n) is 2.23. The first-order chi connectivity index (χ1) is 11.0. The summed E-state index contributed by atoms with van der Waals surface area (Å²) in [6.07, 6.45) is 1.87. The van der Waals surface area contributed by atoms with Crippen LogP contribution < -0.4 is 10.6 Å². The highest BCUT2D eigenvalue weighted by atomic mass is 16.2. The number of fused-ring (bicyclic) bond motifs is 1. The number of Topliss-reactive ketones (excluding diaryl/α,β-unsaturated/α-hetero) is 1. The van der Waals surface area contributed by atoms with Gasteiger partial charge in [-0.2, -0.15) is 0 Å². The van der Waals surface area contributed by atoms with E-state index in [2.05, 4.69) is 15.6 Å². The first-order valence-electron chi connectivity index (χ1n) is 7.48. The van der Waals surface area contributed by atoms with Crippen LogP contribution in [0.15, 0.2) is 30.5 Å². The minimum absolute atomic E-state index is 0.0327. The molecule has 2 rings (SSSR count). The summed E-state index contributed by atoms with van der Waals surface area (Å²) < 4.78 is 0. The maximum absolute atomic E-state index is 12.1. The summed E-state index contributed by atoms with van der Waals surface area (Å²) in [7, 11) is 0. The number of pyridine rings is 1. The number of nitrogens with zero attached hydrogens (tertiary/aromatic N) is 1. The molecule has 2 amide bonds. The maximum Gasteiger partial charge on any atom is 0.252 e. The third-order valence-corrected chi connectivity index (χ3v) is 3.33. The first-order valence-corrected chi connectivity index (χ1v) is 7.48. The van der Waals surface area contributed by atoms with Gasteiger partial charge in [-0.1, -0.05) is 12.1 Å². The SMILES string of the molecule is CCNC(=O)c1ccnc2c(NC(=O)CCC(C)=O)cccc12. The van der Waals surface area contributed by atoms with Gasteiger partial charge in [0.05, 0.1) is 16.8 Å². The molecule has 0 aliphatic rings.